The average Bonchev–Trinajstić information content (AvgIpc) is 2.37. The summed E-state index contributed by atoms with van der Waals surface area (Å²) in [6.45, 7) is 4.77. The van der Waals surface area contributed by atoms with Crippen LogP contribution in [-0.2, 0) is 0 Å². The third-order valence-corrected chi connectivity index (χ3v) is 3.95. The van der Waals surface area contributed by atoms with Crippen LogP contribution in [0.25, 0.3) is 0 Å². The number of halogens is 2. The lowest BCUT2D eigenvalue weighted by Crippen LogP contribution is -2.29. The number of amides is 1. The highest BCUT2D eigenvalue weighted by molar-refractivity contribution is 9.09. The summed E-state index contributed by atoms with van der Waals surface area (Å²) in [7, 11) is 0. The highest BCUT2D eigenvalue weighted by atomic mass is 79.9. The summed E-state index contributed by atoms with van der Waals surface area (Å²) in [4.78, 5) is 12.0. The molecule has 2 nitrogen and oxygen atoms in total. The van der Waals surface area contributed by atoms with Crippen molar-refractivity contribution in [3.05, 3.63) is 34.3 Å². The van der Waals surface area contributed by atoms with E-state index < -0.39 is 0 Å². The summed E-state index contributed by atoms with van der Waals surface area (Å²) in [6, 6.07) is 5.35. The molecule has 0 bridgehead atoms. The summed E-state index contributed by atoms with van der Waals surface area (Å²) in [5, 5.41) is 4.64. The van der Waals surface area contributed by atoms with E-state index in [2.05, 4.69) is 28.2 Å². The van der Waals surface area contributed by atoms with Crippen molar-refractivity contribution < 1.29 is 4.79 Å². The van der Waals surface area contributed by atoms with Gasteiger partial charge in [-0.05, 0) is 43.0 Å². The van der Waals surface area contributed by atoms with Crippen LogP contribution < -0.4 is 5.32 Å². The second-order valence-corrected chi connectivity index (χ2v) is 5.63. The van der Waals surface area contributed by atoms with Gasteiger partial charge in [-0.2, -0.15) is 0 Å². The van der Waals surface area contributed by atoms with Crippen LogP contribution in [0.4, 0.5) is 0 Å². The van der Waals surface area contributed by atoms with Crippen LogP contribution >= 0.6 is 27.5 Å². The fraction of sp³-hybridized carbons (Fsp3) is 0.500. The van der Waals surface area contributed by atoms with Crippen LogP contribution in [0, 0.1) is 12.8 Å². The summed E-state index contributed by atoms with van der Waals surface area (Å²) in [5.74, 6) is 0.504. The van der Waals surface area contributed by atoms with Crippen LogP contribution in [0.15, 0.2) is 18.2 Å². The summed E-state index contributed by atoms with van der Waals surface area (Å²) in [5.41, 5.74) is 1.60. The van der Waals surface area contributed by atoms with E-state index >= 15 is 0 Å². The molecule has 0 spiro atoms. The Morgan fingerprint density at radius 3 is 2.78 bits per heavy atom. The van der Waals surface area contributed by atoms with Crippen molar-refractivity contribution in [2.24, 2.45) is 5.92 Å². The minimum absolute atomic E-state index is 0.0252. The van der Waals surface area contributed by atoms with Crippen molar-refractivity contribution in [1.29, 1.82) is 0 Å². The number of nitrogens with one attached hydrogen (secondary N) is 1. The molecule has 0 radical (unpaired) electrons. The van der Waals surface area contributed by atoms with Crippen molar-refractivity contribution >= 4 is 33.4 Å². The number of carbonyl (C=O) groups excluding carboxylic acids is 1. The lowest BCUT2D eigenvalue weighted by atomic mass is 10.0. The number of carbonyl (C=O) groups is 1. The van der Waals surface area contributed by atoms with Crippen LogP contribution in [-0.4, -0.2) is 17.8 Å². The van der Waals surface area contributed by atoms with Gasteiger partial charge < -0.3 is 5.32 Å². The molecule has 0 saturated carbocycles. The van der Waals surface area contributed by atoms with Gasteiger partial charge in [0.2, 0.25) is 0 Å². The van der Waals surface area contributed by atoms with Crippen molar-refractivity contribution in [3.8, 4) is 0 Å². The second-order valence-electron chi connectivity index (χ2n) is 4.43. The molecule has 0 heterocycles. The Bertz CT molecular complexity index is 409. The van der Waals surface area contributed by atoms with E-state index in [1.54, 1.807) is 12.1 Å². The molecule has 0 saturated heterocycles. The molecule has 4 heteroatoms. The largest absolute Gasteiger partial charge is 0.352 e. The number of alkyl halides is 1. The maximum Gasteiger partial charge on any atom is 0.251 e. The summed E-state index contributed by atoms with van der Waals surface area (Å²) >= 11 is 9.37. The number of benzene rings is 1. The number of rotatable bonds is 6. The molecule has 100 valence electrons. The fourth-order valence-electron chi connectivity index (χ4n) is 1.73. The molecule has 1 N–H and O–H groups in total. The number of hydrogen-bond acceptors (Lipinski definition) is 1. The molecule has 1 aromatic rings. The van der Waals surface area contributed by atoms with Gasteiger partial charge in [-0.1, -0.05) is 40.9 Å². The topological polar surface area (TPSA) is 29.1 Å². The molecular formula is C14H19BrClNO. The lowest BCUT2D eigenvalue weighted by Gasteiger charge is -2.14. The van der Waals surface area contributed by atoms with E-state index in [1.165, 1.54) is 0 Å². The van der Waals surface area contributed by atoms with Crippen LogP contribution in [0.1, 0.15) is 35.7 Å². The van der Waals surface area contributed by atoms with E-state index in [0.717, 1.165) is 30.3 Å². The average molecular weight is 333 g/mol. The zero-order valence-electron chi connectivity index (χ0n) is 10.8. The fourth-order valence-corrected chi connectivity index (χ4v) is 2.49. The first-order chi connectivity index (χ1) is 8.58. The van der Waals surface area contributed by atoms with Gasteiger partial charge in [0.05, 0.1) is 0 Å². The van der Waals surface area contributed by atoms with E-state index in [4.69, 9.17) is 11.6 Å². The van der Waals surface area contributed by atoms with Crippen molar-refractivity contribution in [2.45, 2.75) is 26.7 Å². The Morgan fingerprint density at radius 2 is 2.22 bits per heavy atom. The first kappa shape index (κ1) is 15.5. The summed E-state index contributed by atoms with van der Waals surface area (Å²) < 4.78 is 0. The third kappa shape index (κ3) is 4.62. The van der Waals surface area contributed by atoms with Crippen molar-refractivity contribution in [1.82, 2.24) is 5.32 Å². The molecule has 1 atom stereocenters. The van der Waals surface area contributed by atoms with E-state index in [0.29, 0.717) is 16.5 Å². The molecule has 0 aliphatic carbocycles. The van der Waals surface area contributed by atoms with Gasteiger partial charge in [-0.25, -0.2) is 0 Å². The predicted octanol–water partition coefficient (Wildman–Crippen LogP) is 4.19. The molecule has 1 unspecified atom stereocenters. The van der Waals surface area contributed by atoms with E-state index in [-0.39, 0.29) is 5.91 Å². The Hall–Kier alpha value is -0.540. The highest BCUT2D eigenvalue weighted by Crippen LogP contribution is 2.16. The third-order valence-electron chi connectivity index (χ3n) is 3.07. The molecular weight excluding hydrogens is 314 g/mol. The smallest absolute Gasteiger partial charge is 0.251 e. The molecule has 0 aliphatic heterocycles. The van der Waals surface area contributed by atoms with Crippen molar-refractivity contribution in [2.75, 3.05) is 11.9 Å². The molecule has 18 heavy (non-hydrogen) atoms. The minimum Gasteiger partial charge on any atom is -0.352 e. The van der Waals surface area contributed by atoms with Gasteiger partial charge in [0.1, 0.15) is 0 Å². The zero-order valence-corrected chi connectivity index (χ0v) is 13.1. The van der Waals surface area contributed by atoms with Gasteiger partial charge in [-0.15, -0.1) is 0 Å². The monoisotopic (exact) mass is 331 g/mol. The highest BCUT2D eigenvalue weighted by Gasteiger charge is 2.10. The Labute approximate surface area is 122 Å². The molecule has 1 rings (SSSR count). The Kier molecular flexibility index (Phi) is 6.72. The lowest BCUT2D eigenvalue weighted by molar-refractivity contribution is 0.0946. The maximum atomic E-state index is 12.0. The standard InChI is InChI=1S/C14H19BrClNO/c1-3-11(6-7-15)9-17-14(18)12-4-5-13(16)10(2)8-12/h4-5,8,11H,3,6-7,9H2,1-2H3,(H,17,18). The summed E-state index contributed by atoms with van der Waals surface area (Å²) in [6.07, 6.45) is 2.15. The first-order valence-corrected chi connectivity index (χ1v) is 7.68. The quantitative estimate of drug-likeness (QED) is 0.778. The molecule has 1 aromatic carbocycles. The normalized spacial score (nSPS) is 12.2. The number of hydrogen-bond donors (Lipinski definition) is 1. The maximum absolute atomic E-state index is 12.0. The van der Waals surface area contributed by atoms with Crippen LogP contribution in [0.5, 0.6) is 0 Å². The van der Waals surface area contributed by atoms with E-state index in [9.17, 15) is 4.79 Å². The first-order valence-electron chi connectivity index (χ1n) is 6.18. The molecule has 0 aromatic heterocycles. The van der Waals surface area contributed by atoms with Gasteiger partial charge >= 0.3 is 0 Å². The predicted molar refractivity (Wildman–Crippen MR) is 80.7 cm³/mol. The molecule has 0 aliphatic rings. The Balaban J connectivity index is 2.57. The second kappa shape index (κ2) is 7.80. The van der Waals surface area contributed by atoms with Crippen molar-refractivity contribution in [3.63, 3.8) is 0 Å². The zero-order chi connectivity index (χ0) is 13.5. The molecule has 1 amide bonds. The van der Waals surface area contributed by atoms with Crippen LogP contribution in [0.2, 0.25) is 5.02 Å². The Morgan fingerprint density at radius 1 is 1.50 bits per heavy atom. The molecule has 0 fully saturated rings. The van der Waals surface area contributed by atoms with Crippen LogP contribution in [0.3, 0.4) is 0 Å². The van der Waals surface area contributed by atoms with Gasteiger partial charge in [0.25, 0.3) is 5.91 Å². The van der Waals surface area contributed by atoms with Gasteiger partial charge in [0, 0.05) is 22.5 Å². The SMILES string of the molecule is CCC(CCBr)CNC(=O)c1ccc(Cl)c(C)c1. The van der Waals surface area contributed by atoms with Gasteiger partial charge in [0.15, 0.2) is 0 Å². The van der Waals surface area contributed by atoms with Gasteiger partial charge in [-0.3, -0.25) is 4.79 Å². The minimum atomic E-state index is -0.0252. The number of aryl methyl sites for hydroxylation is 1. The van der Waals surface area contributed by atoms with E-state index in [1.807, 2.05) is 13.0 Å².